The summed E-state index contributed by atoms with van der Waals surface area (Å²) in [5.74, 6) is -1.48. The molecule has 2 N–H and O–H groups in total. The predicted octanol–water partition coefficient (Wildman–Crippen LogP) is 4.91. The van der Waals surface area contributed by atoms with E-state index in [1.54, 1.807) is 30.3 Å². The first-order valence-corrected chi connectivity index (χ1v) is 9.33. The molecule has 0 aromatic heterocycles. The van der Waals surface area contributed by atoms with E-state index in [1.165, 1.54) is 6.08 Å². The molecule has 0 spiro atoms. The largest absolute Gasteiger partial charge is 0.375 e. The van der Waals surface area contributed by atoms with E-state index in [-0.39, 0.29) is 18.1 Å². The third-order valence-corrected chi connectivity index (χ3v) is 4.39. The van der Waals surface area contributed by atoms with Crippen LogP contribution in [0.25, 0.3) is 6.08 Å². The molecule has 0 saturated carbocycles. The van der Waals surface area contributed by atoms with Gasteiger partial charge in [-0.1, -0.05) is 42.5 Å². The number of carbonyl (C=O) groups excluding carboxylic acids is 1. The molecule has 0 saturated heterocycles. The van der Waals surface area contributed by atoms with E-state index in [2.05, 4.69) is 10.6 Å². The Morgan fingerprint density at radius 3 is 2.22 bits per heavy atom. The van der Waals surface area contributed by atoms with Gasteiger partial charge in [-0.05, 0) is 29.3 Å². The van der Waals surface area contributed by atoms with Gasteiger partial charge in [0.15, 0.2) is 0 Å². The number of nitro groups is 2. The van der Waals surface area contributed by atoms with Crippen molar-refractivity contribution in [1.29, 1.82) is 0 Å². The van der Waals surface area contributed by atoms with Crippen molar-refractivity contribution in [3.05, 3.63) is 110 Å². The molecule has 9 nitrogen and oxygen atoms in total. The number of carbonyl (C=O) groups is 1. The van der Waals surface area contributed by atoms with Crippen molar-refractivity contribution < 1.29 is 19.0 Å². The predicted molar refractivity (Wildman–Crippen MR) is 118 cm³/mol. The van der Waals surface area contributed by atoms with Gasteiger partial charge in [-0.25, -0.2) is 0 Å². The molecule has 0 fully saturated rings. The van der Waals surface area contributed by atoms with E-state index in [0.29, 0.717) is 17.3 Å². The number of hydrogen-bond donors (Lipinski definition) is 2. The first kappa shape index (κ1) is 22.1. The van der Waals surface area contributed by atoms with Gasteiger partial charge < -0.3 is 10.6 Å². The molecule has 3 aromatic carbocycles. The first-order chi connectivity index (χ1) is 15.3. The summed E-state index contributed by atoms with van der Waals surface area (Å²) in [7, 11) is 0. The van der Waals surface area contributed by atoms with E-state index in [0.717, 1.165) is 11.6 Å². The van der Waals surface area contributed by atoms with Crippen molar-refractivity contribution >= 4 is 34.7 Å². The lowest BCUT2D eigenvalue weighted by molar-refractivity contribution is -0.395. The molecule has 0 atom stereocenters. The Balaban J connectivity index is 1.63. The molecule has 32 heavy (non-hydrogen) atoms. The third kappa shape index (κ3) is 5.72. The van der Waals surface area contributed by atoms with Gasteiger partial charge in [-0.15, -0.1) is 0 Å². The van der Waals surface area contributed by atoms with E-state index in [4.69, 9.17) is 0 Å². The molecule has 1 amide bonds. The van der Waals surface area contributed by atoms with Crippen LogP contribution in [0, 0.1) is 26.0 Å². The molecule has 0 radical (unpaired) electrons. The minimum absolute atomic E-state index is 0.0974. The maximum absolute atomic E-state index is 13.9. The zero-order valence-electron chi connectivity index (χ0n) is 16.5. The van der Waals surface area contributed by atoms with Crippen molar-refractivity contribution in [1.82, 2.24) is 0 Å². The van der Waals surface area contributed by atoms with Crippen LogP contribution >= 0.6 is 0 Å². The van der Waals surface area contributed by atoms with Crippen molar-refractivity contribution in [2.75, 3.05) is 10.6 Å². The highest BCUT2D eigenvalue weighted by Gasteiger charge is 2.24. The zero-order valence-corrected chi connectivity index (χ0v) is 16.5. The van der Waals surface area contributed by atoms with Crippen LogP contribution in [0.3, 0.4) is 0 Å². The monoisotopic (exact) mass is 436 g/mol. The van der Waals surface area contributed by atoms with E-state index in [9.17, 15) is 29.4 Å². The number of nitrogens with zero attached hydrogens (tertiary/aromatic N) is 2. The quantitative estimate of drug-likeness (QED) is 0.293. The zero-order chi connectivity index (χ0) is 23.1. The minimum Gasteiger partial charge on any atom is -0.375 e. The third-order valence-electron chi connectivity index (χ3n) is 4.39. The second kappa shape index (κ2) is 9.94. The van der Waals surface area contributed by atoms with E-state index < -0.39 is 27.0 Å². The highest BCUT2D eigenvalue weighted by Crippen LogP contribution is 2.32. The number of hydrogen-bond acceptors (Lipinski definition) is 6. The molecule has 0 aliphatic carbocycles. The summed E-state index contributed by atoms with van der Waals surface area (Å²) >= 11 is 0. The van der Waals surface area contributed by atoms with E-state index >= 15 is 0 Å². The van der Waals surface area contributed by atoms with Crippen LogP contribution in [0.15, 0.2) is 72.8 Å². The second-order valence-electron chi connectivity index (χ2n) is 6.62. The van der Waals surface area contributed by atoms with Crippen LogP contribution in [0.4, 0.5) is 27.1 Å². The summed E-state index contributed by atoms with van der Waals surface area (Å²) in [5, 5.41) is 27.4. The molecule has 0 aliphatic heterocycles. The molecule has 162 valence electrons. The molecule has 0 aliphatic rings. The molecule has 0 unspecified atom stereocenters. The molecular weight excluding hydrogens is 419 g/mol. The number of halogens is 1. The van der Waals surface area contributed by atoms with Gasteiger partial charge in [0.05, 0.1) is 15.9 Å². The van der Waals surface area contributed by atoms with Gasteiger partial charge in [-0.3, -0.25) is 25.0 Å². The minimum atomic E-state index is -1.18. The van der Waals surface area contributed by atoms with Crippen molar-refractivity contribution in [3.8, 4) is 0 Å². The van der Waals surface area contributed by atoms with E-state index in [1.807, 2.05) is 30.3 Å². The highest BCUT2D eigenvalue weighted by molar-refractivity contribution is 6.01. The van der Waals surface area contributed by atoms with Crippen LogP contribution < -0.4 is 10.6 Å². The van der Waals surface area contributed by atoms with Gasteiger partial charge in [0.25, 0.3) is 5.69 Å². The standard InChI is InChI=1S/C22H17FN4O5/c23-18-12-19(21(27(31)32)13-20(18)26(29)30)24-14-16-6-9-17(10-7-16)25-22(28)11-8-15-4-2-1-3-5-15/h1-13,24H,14H2,(H,25,28). The molecular formula is C22H17FN4O5. The van der Waals surface area contributed by atoms with Gasteiger partial charge in [0, 0.05) is 24.4 Å². The lowest BCUT2D eigenvalue weighted by Gasteiger charge is -2.09. The first-order valence-electron chi connectivity index (χ1n) is 9.33. The summed E-state index contributed by atoms with van der Waals surface area (Å²) in [6, 6.07) is 17.3. The van der Waals surface area contributed by atoms with Crippen LogP contribution in [0.2, 0.25) is 0 Å². The summed E-state index contributed by atoms with van der Waals surface area (Å²) in [6.07, 6.45) is 3.09. The van der Waals surface area contributed by atoms with Gasteiger partial charge >= 0.3 is 5.69 Å². The topological polar surface area (TPSA) is 127 Å². The number of rotatable bonds is 8. The van der Waals surface area contributed by atoms with Crippen molar-refractivity contribution in [2.45, 2.75) is 6.54 Å². The van der Waals surface area contributed by atoms with Crippen molar-refractivity contribution in [3.63, 3.8) is 0 Å². The maximum Gasteiger partial charge on any atom is 0.311 e. The van der Waals surface area contributed by atoms with Gasteiger partial charge in [0.1, 0.15) is 5.69 Å². The Morgan fingerprint density at radius 2 is 1.59 bits per heavy atom. The number of nitrogens with one attached hydrogen (secondary N) is 2. The molecule has 0 heterocycles. The van der Waals surface area contributed by atoms with Crippen LogP contribution in [0.5, 0.6) is 0 Å². The van der Waals surface area contributed by atoms with Crippen LogP contribution in [-0.2, 0) is 11.3 Å². The molecule has 10 heteroatoms. The number of benzene rings is 3. The maximum atomic E-state index is 13.9. The Labute approximate surface area is 181 Å². The number of amides is 1. The fraction of sp³-hybridized carbons (Fsp3) is 0.0455. The van der Waals surface area contributed by atoms with Crippen LogP contribution in [-0.4, -0.2) is 15.8 Å². The highest BCUT2D eigenvalue weighted by atomic mass is 19.1. The molecule has 0 bridgehead atoms. The molecule has 3 aromatic rings. The smallest absolute Gasteiger partial charge is 0.311 e. The Bertz CT molecular complexity index is 1180. The summed E-state index contributed by atoms with van der Waals surface area (Å²) in [6.45, 7) is 0.0974. The Hall–Kier alpha value is -4.60. The second-order valence-corrected chi connectivity index (χ2v) is 6.62. The lowest BCUT2D eigenvalue weighted by atomic mass is 10.1. The Kier molecular flexibility index (Phi) is 6.86. The number of anilines is 2. The van der Waals surface area contributed by atoms with Crippen LogP contribution in [0.1, 0.15) is 11.1 Å². The number of nitro benzene ring substituents is 2. The SMILES string of the molecule is O=C(C=Cc1ccccc1)Nc1ccc(CNc2cc(F)c([N+](=O)[O-])cc2[N+](=O)[O-])cc1. The fourth-order valence-corrected chi connectivity index (χ4v) is 2.81. The average Bonchev–Trinajstić information content (AvgIpc) is 2.77. The fourth-order valence-electron chi connectivity index (χ4n) is 2.81. The normalized spacial score (nSPS) is 10.7. The summed E-state index contributed by atoms with van der Waals surface area (Å²) in [5.41, 5.74) is 0.373. The van der Waals surface area contributed by atoms with Gasteiger partial charge in [-0.2, -0.15) is 4.39 Å². The summed E-state index contributed by atoms with van der Waals surface area (Å²) < 4.78 is 13.9. The Morgan fingerprint density at radius 1 is 0.938 bits per heavy atom. The van der Waals surface area contributed by atoms with Crippen molar-refractivity contribution in [2.24, 2.45) is 0 Å². The molecule has 3 rings (SSSR count). The van der Waals surface area contributed by atoms with Gasteiger partial charge in [0.2, 0.25) is 11.7 Å². The summed E-state index contributed by atoms with van der Waals surface area (Å²) in [4.78, 5) is 32.2. The average molecular weight is 436 g/mol. The lowest BCUT2D eigenvalue weighted by Crippen LogP contribution is -2.08.